The highest BCUT2D eigenvalue weighted by Crippen LogP contribution is 2.23. The van der Waals surface area contributed by atoms with Gasteiger partial charge in [0.15, 0.2) is 0 Å². The number of likely N-dealkylation sites (tertiary alicyclic amines) is 1. The Balaban J connectivity index is 2.51. The summed E-state index contributed by atoms with van der Waals surface area (Å²) < 4.78 is 0. The van der Waals surface area contributed by atoms with Crippen LogP contribution in [-0.4, -0.2) is 24.0 Å². The molecule has 0 bridgehead atoms. The zero-order chi connectivity index (χ0) is 8.43. The van der Waals surface area contributed by atoms with Crippen LogP contribution in [0.4, 0.5) is 0 Å². The number of hydrogen-bond acceptors (Lipinski definition) is 1. The Kier molecular flexibility index (Phi) is 2.57. The van der Waals surface area contributed by atoms with Crippen LogP contribution < -0.4 is 0 Å². The Morgan fingerprint density at radius 1 is 1.45 bits per heavy atom. The largest absolute Gasteiger partial charge is 0.299 e. The zero-order valence-corrected chi connectivity index (χ0v) is 7.67. The normalized spacial score (nSPS) is 32.6. The molecule has 62 valence electrons. The van der Waals surface area contributed by atoms with Crippen molar-refractivity contribution < 1.29 is 0 Å². The van der Waals surface area contributed by atoms with E-state index in [0.717, 1.165) is 6.54 Å². The molecule has 1 nitrogen and oxygen atoms in total. The van der Waals surface area contributed by atoms with Crippen molar-refractivity contribution in [2.75, 3.05) is 13.1 Å². The van der Waals surface area contributed by atoms with Gasteiger partial charge in [-0.15, -0.1) is 12.3 Å². The minimum atomic E-state index is 0.484. The molecule has 0 amide bonds. The molecule has 11 heavy (non-hydrogen) atoms. The molecular weight excluding hydrogens is 134 g/mol. The average molecular weight is 151 g/mol. The molecule has 0 radical (unpaired) electrons. The van der Waals surface area contributed by atoms with E-state index in [0.29, 0.717) is 17.9 Å². The van der Waals surface area contributed by atoms with E-state index in [-0.39, 0.29) is 0 Å². The standard InChI is InChI=1S/C10H17N/c1-5-10-7-11(8(2)3)6-9(10)4/h1,8-10H,6-7H2,2-4H3/t9-,10+/m0/s1. The molecule has 0 N–H and O–H groups in total. The predicted octanol–water partition coefficient (Wildman–Crippen LogP) is 1.60. The minimum Gasteiger partial charge on any atom is -0.299 e. The zero-order valence-electron chi connectivity index (χ0n) is 7.67. The van der Waals surface area contributed by atoms with Gasteiger partial charge in [-0.05, 0) is 19.8 Å². The average Bonchev–Trinajstić information content (AvgIpc) is 2.31. The van der Waals surface area contributed by atoms with E-state index in [1.165, 1.54) is 6.54 Å². The molecule has 0 aromatic heterocycles. The third kappa shape index (κ3) is 1.75. The van der Waals surface area contributed by atoms with Crippen LogP contribution in [0.3, 0.4) is 0 Å². The summed E-state index contributed by atoms with van der Waals surface area (Å²) in [7, 11) is 0. The van der Waals surface area contributed by atoms with Gasteiger partial charge in [0.1, 0.15) is 0 Å². The second-order valence-corrected chi connectivity index (χ2v) is 3.80. The highest BCUT2D eigenvalue weighted by atomic mass is 15.2. The summed E-state index contributed by atoms with van der Waals surface area (Å²) >= 11 is 0. The van der Waals surface area contributed by atoms with Crippen LogP contribution in [0.2, 0.25) is 0 Å². The van der Waals surface area contributed by atoms with E-state index < -0.39 is 0 Å². The lowest BCUT2D eigenvalue weighted by molar-refractivity contribution is 0.265. The van der Waals surface area contributed by atoms with Crippen LogP contribution in [0.15, 0.2) is 0 Å². The second-order valence-electron chi connectivity index (χ2n) is 3.80. The molecular formula is C10H17N. The molecule has 1 saturated heterocycles. The summed E-state index contributed by atoms with van der Waals surface area (Å²) in [4.78, 5) is 2.45. The lowest BCUT2D eigenvalue weighted by Crippen LogP contribution is -2.28. The topological polar surface area (TPSA) is 3.24 Å². The fourth-order valence-electron chi connectivity index (χ4n) is 1.64. The Hall–Kier alpha value is -0.480. The number of hydrogen-bond donors (Lipinski definition) is 0. The van der Waals surface area contributed by atoms with Gasteiger partial charge in [0.25, 0.3) is 0 Å². The maximum atomic E-state index is 5.41. The SMILES string of the molecule is C#C[C@@H]1CN(C(C)C)C[C@@H]1C. The van der Waals surface area contributed by atoms with E-state index in [4.69, 9.17) is 6.42 Å². The smallest absolute Gasteiger partial charge is 0.0365 e. The van der Waals surface area contributed by atoms with Gasteiger partial charge in [0, 0.05) is 25.0 Å². The van der Waals surface area contributed by atoms with E-state index in [1.54, 1.807) is 0 Å². The number of terminal acetylenes is 1. The Bertz CT molecular complexity index is 166. The van der Waals surface area contributed by atoms with E-state index in [9.17, 15) is 0 Å². The summed E-state index contributed by atoms with van der Waals surface area (Å²) in [5, 5.41) is 0. The van der Waals surface area contributed by atoms with Crippen molar-refractivity contribution in [2.45, 2.75) is 26.8 Å². The first-order valence-corrected chi connectivity index (χ1v) is 4.35. The molecule has 0 aliphatic carbocycles. The van der Waals surface area contributed by atoms with Crippen LogP contribution in [-0.2, 0) is 0 Å². The van der Waals surface area contributed by atoms with Crippen molar-refractivity contribution in [1.29, 1.82) is 0 Å². The number of nitrogens with zero attached hydrogens (tertiary/aromatic N) is 1. The van der Waals surface area contributed by atoms with Crippen molar-refractivity contribution in [3.63, 3.8) is 0 Å². The van der Waals surface area contributed by atoms with Crippen molar-refractivity contribution in [3.8, 4) is 12.3 Å². The van der Waals surface area contributed by atoms with Crippen molar-refractivity contribution in [3.05, 3.63) is 0 Å². The van der Waals surface area contributed by atoms with Gasteiger partial charge in [-0.2, -0.15) is 0 Å². The second kappa shape index (κ2) is 3.28. The van der Waals surface area contributed by atoms with Crippen molar-refractivity contribution in [2.24, 2.45) is 11.8 Å². The Labute approximate surface area is 69.8 Å². The molecule has 1 rings (SSSR count). The lowest BCUT2D eigenvalue weighted by Gasteiger charge is -2.19. The molecule has 0 unspecified atom stereocenters. The van der Waals surface area contributed by atoms with Gasteiger partial charge in [-0.3, -0.25) is 4.90 Å². The third-order valence-electron chi connectivity index (χ3n) is 2.58. The van der Waals surface area contributed by atoms with Gasteiger partial charge in [0.2, 0.25) is 0 Å². The monoisotopic (exact) mass is 151 g/mol. The maximum Gasteiger partial charge on any atom is 0.0365 e. The highest BCUT2D eigenvalue weighted by Gasteiger charge is 2.28. The highest BCUT2D eigenvalue weighted by molar-refractivity contribution is 5.01. The molecule has 0 aromatic rings. The quantitative estimate of drug-likeness (QED) is 0.514. The third-order valence-corrected chi connectivity index (χ3v) is 2.58. The summed E-state index contributed by atoms with van der Waals surface area (Å²) in [6.45, 7) is 8.96. The molecule has 0 spiro atoms. The molecule has 1 heteroatoms. The summed E-state index contributed by atoms with van der Waals surface area (Å²) in [6, 6.07) is 0.649. The van der Waals surface area contributed by atoms with Gasteiger partial charge >= 0.3 is 0 Å². The summed E-state index contributed by atoms with van der Waals surface area (Å²) in [6.07, 6.45) is 5.41. The van der Waals surface area contributed by atoms with Crippen LogP contribution in [0.5, 0.6) is 0 Å². The van der Waals surface area contributed by atoms with Gasteiger partial charge in [0.05, 0.1) is 0 Å². The first-order chi connectivity index (χ1) is 5.15. The predicted molar refractivity (Wildman–Crippen MR) is 48.2 cm³/mol. The summed E-state index contributed by atoms with van der Waals surface area (Å²) in [5.74, 6) is 4.02. The lowest BCUT2D eigenvalue weighted by atomic mass is 10.00. The fraction of sp³-hybridized carbons (Fsp3) is 0.800. The number of rotatable bonds is 1. The Morgan fingerprint density at radius 3 is 2.36 bits per heavy atom. The fourth-order valence-corrected chi connectivity index (χ4v) is 1.64. The van der Waals surface area contributed by atoms with Crippen molar-refractivity contribution in [1.82, 2.24) is 4.90 Å². The maximum absolute atomic E-state index is 5.41. The van der Waals surface area contributed by atoms with E-state index in [1.807, 2.05) is 0 Å². The van der Waals surface area contributed by atoms with Crippen LogP contribution >= 0.6 is 0 Å². The molecule has 1 aliphatic rings. The molecule has 1 aliphatic heterocycles. The molecule has 1 heterocycles. The molecule has 2 atom stereocenters. The van der Waals surface area contributed by atoms with Crippen LogP contribution in [0.1, 0.15) is 20.8 Å². The van der Waals surface area contributed by atoms with Crippen molar-refractivity contribution >= 4 is 0 Å². The first-order valence-electron chi connectivity index (χ1n) is 4.35. The molecule has 0 aromatic carbocycles. The molecule has 0 saturated carbocycles. The molecule has 1 fully saturated rings. The minimum absolute atomic E-state index is 0.484. The van der Waals surface area contributed by atoms with Crippen LogP contribution in [0, 0.1) is 24.2 Å². The summed E-state index contributed by atoms with van der Waals surface area (Å²) in [5.41, 5.74) is 0. The first kappa shape index (κ1) is 8.62. The van der Waals surface area contributed by atoms with Gasteiger partial charge in [-0.25, -0.2) is 0 Å². The van der Waals surface area contributed by atoms with Crippen LogP contribution in [0.25, 0.3) is 0 Å². The Morgan fingerprint density at radius 2 is 2.09 bits per heavy atom. The van der Waals surface area contributed by atoms with E-state index >= 15 is 0 Å². The van der Waals surface area contributed by atoms with Gasteiger partial charge < -0.3 is 0 Å². The van der Waals surface area contributed by atoms with E-state index in [2.05, 4.69) is 31.6 Å². The van der Waals surface area contributed by atoms with Gasteiger partial charge in [-0.1, -0.05) is 6.92 Å².